The van der Waals surface area contributed by atoms with Crippen LogP contribution in [-0.2, 0) is 11.2 Å². The van der Waals surface area contributed by atoms with Gasteiger partial charge in [-0.3, -0.25) is 9.28 Å². The van der Waals surface area contributed by atoms with E-state index in [1.54, 1.807) is 18.2 Å². The van der Waals surface area contributed by atoms with Gasteiger partial charge < -0.3 is 5.73 Å². The van der Waals surface area contributed by atoms with Crippen molar-refractivity contribution in [1.82, 2.24) is 4.48 Å². The van der Waals surface area contributed by atoms with E-state index < -0.39 is 5.91 Å². The number of hydrogen-bond acceptors (Lipinski definition) is 1. The van der Waals surface area contributed by atoms with Gasteiger partial charge in [0.05, 0.1) is 20.5 Å². The van der Waals surface area contributed by atoms with Crippen LogP contribution in [0.3, 0.4) is 0 Å². The second-order valence-corrected chi connectivity index (χ2v) is 8.43. The quantitative estimate of drug-likeness (QED) is 0.544. The van der Waals surface area contributed by atoms with Gasteiger partial charge in [0.15, 0.2) is 11.5 Å². The van der Waals surface area contributed by atoms with E-state index in [1.165, 1.54) is 23.8 Å². The van der Waals surface area contributed by atoms with Crippen LogP contribution in [0.5, 0.6) is 0 Å². The van der Waals surface area contributed by atoms with Crippen molar-refractivity contribution < 1.29 is 13.6 Å². The molecule has 0 atom stereocenters. The maximum Gasteiger partial charge on any atom is 0.222 e. The molecule has 0 saturated heterocycles. The topological polar surface area (TPSA) is 43.1 Å². The van der Waals surface area contributed by atoms with Gasteiger partial charge in [0.25, 0.3) is 0 Å². The van der Waals surface area contributed by atoms with Gasteiger partial charge in [0.1, 0.15) is 11.5 Å². The molecule has 4 rings (SSSR count). The van der Waals surface area contributed by atoms with Crippen molar-refractivity contribution in [3.63, 3.8) is 0 Å². The molecular weight excluding hydrogens is 382 g/mol. The monoisotopic (exact) mass is 407 g/mol. The Hall–Kier alpha value is -3.05. The fraction of sp³-hybridized carbons (Fsp3) is 0.240. The summed E-state index contributed by atoms with van der Waals surface area (Å²) < 4.78 is 28.6. The van der Waals surface area contributed by atoms with Crippen molar-refractivity contribution in [2.24, 2.45) is 5.73 Å². The zero-order valence-corrected chi connectivity index (χ0v) is 17.2. The molecule has 154 valence electrons. The van der Waals surface area contributed by atoms with Crippen molar-refractivity contribution in [3.8, 4) is 11.1 Å². The van der Waals surface area contributed by atoms with Crippen LogP contribution in [0.2, 0.25) is 0 Å². The second-order valence-electron chi connectivity index (χ2n) is 8.43. The van der Waals surface area contributed by atoms with Gasteiger partial charge in [-0.1, -0.05) is 18.2 Å². The maximum absolute atomic E-state index is 15.2. The van der Waals surface area contributed by atoms with Crippen LogP contribution in [0.15, 0.2) is 60.7 Å². The lowest BCUT2D eigenvalue weighted by Gasteiger charge is -2.31. The van der Waals surface area contributed by atoms with Gasteiger partial charge >= 0.3 is 0 Å². The molecule has 0 radical (unpaired) electrons. The minimum Gasteiger partial charge on any atom is -0.369 e. The summed E-state index contributed by atoms with van der Waals surface area (Å²) in [6, 6.07) is 17.1. The largest absolute Gasteiger partial charge is 0.369 e. The lowest BCUT2D eigenvalue weighted by molar-refractivity contribution is -0.117. The highest BCUT2D eigenvalue weighted by atomic mass is 19.1. The summed E-state index contributed by atoms with van der Waals surface area (Å²) in [6.07, 6.45) is 2.44. The summed E-state index contributed by atoms with van der Waals surface area (Å²) in [5, 5.41) is 0. The third-order valence-corrected chi connectivity index (χ3v) is 5.85. The summed E-state index contributed by atoms with van der Waals surface area (Å²) in [5.74, 6) is -0.548. The van der Waals surface area contributed by atoms with Crippen LogP contribution >= 0.6 is 0 Å². The number of primary amides is 1. The Morgan fingerprint density at radius 3 is 2.17 bits per heavy atom. The molecule has 30 heavy (non-hydrogen) atoms. The second kappa shape index (κ2) is 7.65. The van der Waals surface area contributed by atoms with E-state index in [4.69, 9.17) is 5.73 Å². The first-order chi connectivity index (χ1) is 14.3. The normalized spacial score (nSPS) is 14.0. The lowest BCUT2D eigenvalue weighted by atomic mass is 9.99. The molecule has 1 amide bonds. The molecule has 0 heterocycles. The Labute approximate surface area is 175 Å². The standard InChI is InChI=1S/C25H24F2N2O/c1-29(2,23-11-7-18(16-3-4-16)13-20(23)15-25(28)30)24-12-8-19(14-22(24)27)17-5-9-21(26)10-6-17/h5-14,16H,3-4,15H2,1-2H3,(H-,28,30)/p+1. The minimum absolute atomic E-state index is 0.118. The maximum atomic E-state index is 15.2. The number of nitrogens with two attached hydrogens (primary N) is 1. The van der Waals surface area contributed by atoms with E-state index in [9.17, 15) is 9.18 Å². The number of halogens is 2. The van der Waals surface area contributed by atoms with Crippen LogP contribution in [-0.4, -0.2) is 20.0 Å². The van der Waals surface area contributed by atoms with Gasteiger partial charge in [-0.15, -0.1) is 0 Å². The summed E-state index contributed by atoms with van der Waals surface area (Å²) in [6.45, 7) is 0. The van der Waals surface area contributed by atoms with Crippen LogP contribution in [0, 0.1) is 11.6 Å². The molecule has 0 spiro atoms. The van der Waals surface area contributed by atoms with Gasteiger partial charge in [0, 0.05) is 17.7 Å². The van der Waals surface area contributed by atoms with Crippen molar-refractivity contribution in [2.45, 2.75) is 25.2 Å². The molecule has 1 saturated carbocycles. The van der Waals surface area contributed by atoms with Crippen LogP contribution in [0.25, 0.3) is 11.1 Å². The molecule has 0 bridgehead atoms. The Morgan fingerprint density at radius 1 is 0.933 bits per heavy atom. The third kappa shape index (κ3) is 3.98. The van der Waals surface area contributed by atoms with Crippen LogP contribution in [0.1, 0.15) is 29.9 Å². The summed E-state index contributed by atoms with van der Waals surface area (Å²) in [4.78, 5) is 11.7. The molecule has 3 nitrogen and oxygen atoms in total. The molecule has 1 aliphatic carbocycles. The summed E-state index contributed by atoms with van der Waals surface area (Å²) in [7, 11) is 3.79. The molecule has 0 unspecified atom stereocenters. The number of nitrogens with zero attached hydrogens (tertiary/aromatic N) is 1. The van der Waals surface area contributed by atoms with Crippen LogP contribution in [0.4, 0.5) is 20.2 Å². The van der Waals surface area contributed by atoms with Gasteiger partial charge in [0.2, 0.25) is 5.91 Å². The van der Waals surface area contributed by atoms with E-state index in [0.29, 0.717) is 17.2 Å². The Kier molecular flexibility index (Phi) is 5.16. The van der Waals surface area contributed by atoms with Gasteiger partial charge in [-0.05, 0) is 65.8 Å². The number of carbonyl (C=O) groups excluding carboxylic acids is 1. The van der Waals surface area contributed by atoms with E-state index in [0.717, 1.165) is 29.7 Å². The van der Waals surface area contributed by atoms with E-state index >= 15 is 4.39 Å². The summed E-state index contributed by atoms with van der Waals surface area (Å²) >= 11 is 0. The summed E-state index contributed by atoms with van der Waals surface area (Å²) in [5.41, 5.74) is 10.3. The number of amides is 1. The van der Waals surface area contributed by atoms with Gasteiger partial charge in [-0.25, -0.2) is 8.78 Å². The Balaban J connectivity index is 1.74. The SMILES string of the molecule is C[N+](C)(c1ccc(-c2ccc(F)cc2)cc1F)c1ccc(C2CC2)cc1CC(N)=O. The first-order valence-electron chi connectivity index (χ1n) is 10.1. The molecule has 1 aliphatic rings. The van der Waals surface area contributed by atoms with E-state index in [2.05, 4.69) is 6.07 Å². The fourth-order valence-corrected chi connectivity index (χ4v) is 4.06. The number of hydrogen-bond donors (Lipinski definition) is 1. The van der Waals surface area contributed by atoms with Crippen molar-refractivity contribution in [2.75, 3.05) is 14.1 Å². The molecule has 2 N–H and O–H groups in total. The van der Waals surface area contributed by atoms with Gasteiger partial charge in [-0.2, -0.15) is 0 Å². The molecule has 1 fully saturated rings. The van der Waals surface area contributed by atoms with Crippen molar-refractivity contribution >= 4 is 17.3 Å². The number of carbonyl (C=O) groups is 1. The van der Waals surface area contributed by atoms with Crippen LogP contribution < -0.4 is 10.2 Å². The predicted octanol–water partition coefficient (Wildman–Crippen LogP) is 5.44. The zero-order valence-electron chi connectivity index (χ0n) is 17.2. The average Bonchev–Trinajstić information content (AvgIpc) is 3.53. The number of benzene rings is 3. The van der Waals surface area contributed by atoms with E-state index in [-0.39, 0.29) is 22.5 Å². The Morgan fingerprint density at radius 2 is 1.57 bits per heavy atom. The lowest BCUT2D eigenvalue weighted by Crippen LogP contribution is -2.36. The Bertz CT molecular complexity index is 1100. The molecule has 3 aromatic carbocycles. The smallest absolute Gasteiger partial charge is 0.222 e. The van der Waals surface area contributed by atoms with Crippen molar-refractivity contribution in [3.05, 3.63) is 83.4 Å². The van der Waals surface area contributed by atoms with Crippen molar-refractivity contribution in [1.29, 1.82) is 0 Å². The number of rotatable bonds is 6. The molecule has 0 aliphatic heterocycles. The van der Waals surface area contributed by atoms with E-state index in [1.807, 2.05) is 32.3 Å². The highest BCUT2D eigenvalue weighted by molar-refractivity contribution is 5.79. The number of quaternary nitrogens is 1. The molecule has 5 heteroatoms. The predicted molar refractivity (Wildman–Crippen MR) is 116 cm³/mol. The third-order valence-electron chi connectivity index (χ3n) is 5.85. The zero-order chi connectivity index (χ0) is 21.5. The molecular formula is C25H25F2N2O+. The minimum atomic E-state index is -0.406. The first kappa shape index (κ1) is 20.2. The highest BCUT2D eigenvalue weighted by Crippen LogP contribution is 2.43. The first-order valence-corrected chi connectivity index (χ1v) is 10.1. The highest BCUT2D eigenvalue weighted by Gasteiger charge is 2.32. The molecule has 3 aromatic rings. The molecule has 0 aromatic heterocycles. The fourth-order valence-electron chi connectivity index (χ4n) is 4.06. The average molecular weight is 407 g/mol.